The molecule has 0 bridgehead atoms. The van der Waals surface area contributed by atoms with E-state index in [4.69, 9.17) is 4.74 Å². The minimum atomic E-state index is 0.787. The number of hydrogen-bond acceptors (Lipinski definition) is 2. The minimum absolute atomic E-state index is 0.787. The van der Waals surface area contributed by atoms with Crippen molar-refractivity contribution in [2.75, 3.05) is 0 Å². The van der Waals surface area contributed by atoms with Crippen molar-refractivity contribution in [3.8, 4) is 11.5 Å². The molecule has 0 saturated heterocycles. The molecule has 3 nitrogen and oxygen atoms in total. The van der Waals surface area contributed by atoms with Gasteiger partial charge >= 0.3 is 0 Å². The summed E-state index contributed by atoms with van der Waals surface area (Å²) in [5, 5.41) is 1.08. The number of aromatic nitrogens is 2. The molecule has 0 aliphatic heterocycles. The lowest BCUT2D eigenvalue weighted by Crippen LogP contribution is -1.88. The molecular formula is C15H14N2O. The lowest BCUT2D eigenvalue weighted by molar-refractivity contribution is 0.484. The van der Waals surface area contributed by atoms with E-state index in [1.54, 1.807) is 6.20 Å². The second-order valence-electron chi connectivity index (χ2n) is 4.34. The summed E-state index contributed by atoms with van der Waals surface area (Å²) in [6.45, 7) is 4.07. The van der Waals surface area contributed by atoms with Gasteiger partial charge in [-0.15, -0.1) is 0 Å². The monoisotopic (exact) mass is 238 g/mol. The zero-order valence-electron chi connectivity index (χ0n) is 10.4. The second-order valence-corrected chi connectivity index (χ2v) is 4.34. The van der Waals surface area contributed by atoms with Gasteiger partial charge in [0.1, 0.15) is 11.3 Å². The summed E-state index contributed by atoms with van der Waals surface area (Å²) < 4.78 is 5.95. The van der Waals surface area contributed by atoms with E-state index in [9.17, 15) is 0 Å². The molecule has 3 rings (SSSR count). The lowest BCUT2D eigenvalue weighted by atomic mass is 10.2. The number of H-pyrrole nitrogens is 1. The Bertz CT molecular complexity index is 695. The van der Waals surface area contributed by atoms with E-state index in [0.717, 1.165) is 33.7 Å². The Balaban J connectivity index is 2.08. The van der Waals surface area contributed by atoms with Gasteiger partial charge in [-0.3, -0.25) is 4.98 Å². The summed E-state index contributed by atoms with van der Waals surface area (Å²) in [7, 11) is 0. The molecule has 0 aliphatic carbocycles. The fourth-order valence-corrected chi connectivity index (χ4v) is 1.96. The van der Waals surface area contributed by atoms with Gasteiger partial charge in [-0.05, 0) is 26.0 Å². The first-order chi connectivity index (χ1) is 8.75. The Kier molecular flexibility index (Phi) is 2.52. The summed E-state index contributed by atoms with van der Waals surface area (Å²) in [5.74, 6) is 1.64. The quantitative estimate of drug-likeness (QED) is 0.733. The molecular weight excluding hydrogens is 224 g/mol. The number of ether oxygens (including phenoxy) is 1. The van der Waals surface area contributed by atoms with E-state index in [-0.39, 0.29) is 0 Å². The molecule has 90 valence electrons. The zero-order valence-corrected chi connectivity index (χ0v) is 10.4. The molecule has 0 radical (unpaired) electrons. The number of pyridine rings is 1. The van der Waals surface area contributed by atoms with Crippen LogP contribution >= 0.6 is 0 Å². The van der Waals surface area contributed by atoms with Crippen LogP contribution in [0.15, 0.2) is 42.7 Å². The fraction of sp³-hybridized carbons (Fsp3) is 0.133. The van der Waals surface area contributed by atoms with Crippen molar-refractivity contribution in [1.29, 1.82) is 0 Å². The molecule has 0 atom stereocenters. The Morgan fingerprint density at radius 2 is 1.89 bits per heavy atom. The van der Waals surface area contributed by atoms with Crippen molar-refractivity contribution in [2.24, 2.45) is 0 Å². The van der Waals surface area contributed by atoms with Gasteiger partial charge in [-0.1, -0.05) is 18.2 Å². The number of fused-ring (bicyclic) bond motifs is 1. The molecule has 0 spiro atoms. The Labute approximate surface area is 105 Å². The third-order valence-electron chi connectivity index (χ3n) is 3.17. The largest absolute Gasteiger partial charge is 0.453 e. The molecule has 2 heterocycles. The standard InChI is InChI=1S/C15H14N2O/c1-10-11(2)17-9-14(10)18-13-7-3-5-12-6-4-8-16-15(12)13/h3-9,17H,1-2H3. The molecule has 0 aliphatic rings. The summed E-state index contributed by atoms with van der Waals surface area (Å²) in [4.78, 5) is 7.54. The first-order valence-corrected chi connectivity index (χ1v) is 5.92. The third-order valence-corrected chi connectivity index (χ3v) is 3.17. The maximum Gasteiger partial charge on any atom is 0.153 e. The molecule has 3 aromatic rings. The third kappa shape index (κ3) is 1.74. The highest BCUT2D eigenvalue weighted by Crippen LogP contribution is 2.30. The maximum atomic E-state index is 5.95. The highest BCUT2D eigenvalue weighted by Gasteiger charge is 2.08. The van der Waals surface area contributed by atoms with Gasteiger partial charge in [0.25, 0.3) is 0 Å². The molecule has 2 aromatic heterocycles. The highest BCUT2D eigenvalue weighted by molar-refractivity contribution is 5.84. The number of aromatic amines is 1. The topological polar surface area (TPSA) is 37.9 Å². The fourth-order valence-electron chi connectivity index (χ4n) is 1.96. The average Bonchev–Trinajstić information content (AvgIpc) is 2.71. The van der Waals surface area contributed by atoms with Crippen LogP contribution in [0, 0.1) is 13.8 Å². The highest BCUT2D eigenvalue weighted by atomic mass is 16.5. The molecule has 1 N–H and O–H groups in total. The van der Waals surface area contributed by atoms with Crippen molar-refractivity contribution in [2.45, 2.75) is 13.8 Å². The van der Waals surface area contributed by atoms with Crippen LogP contribution in [0.3, 0.4) is 0 Å². The van der Waals surface area contributed by atoms with E-state index >= 15 is 0 Å². The van der Waals surface area contributed by atoms with Crippen molar-refractivity contribution in [3.05, 3.63) is 54.0 Å². The average molecular weight is 238 g/mol. The predicted molar refractivity (Wildman–Crippen MR) is 72.1 cm³/mol. The Morgan fingerprint density at radius 3 is 2.67 bits per heavy atom. The van der Waals surface area contributed by atoms with Crippen LogP contribution < -0.4 is 4.74 Å². The van der Waals surface area contributed by atoms with E-state index in [1.165, 1.54) is 0 Å². The van der Waals surface area contributed by atoms with Crippen molar-refractivity contribution in [3.63, 3.8) is 0 Å². The molecule has 1 aromatic carbocycles. The molecule has 18 heavy (non-hydrogen) atoms. The number of nitrogens with zero attached hydrogens (tertiary/aromatic N) is 1. The Hall–Kier alpha value is -2.29. The van der Waals surface area contributed by atoms with Crippen molar-refractivity contribution in [1.82, 2.24) is 9.97 Å². The summed E-state index contributed by atoms with van der Waals surface area (Å²) in [5.41, 5.74) is 3.14. The molecule has 0 unspecified atom stereocenters. The first kappa shape index (κ1) is 10.8. The SMILES string of the molecule is Cc1[nH]cc(Oc2cccc3cccnc23)c1C. The van der Waals surface area contributed by atoms with Gasteiger partial charge in [0.05, 0.1) is 0 Å². The van der Waals surface area contributed by atoms with Crippen LogP contribution in [0.5, 0.6) is 11.5 Å². The first-order valence-electron chi connectivity index (χ1n) is 5.92. The van der Waals surface area contributed by atoms with Gasteiger partial charge in [0, 0.05) is 29.0 Å². The van der Waals surface area contributed by atoms with Crippen LogP contribution in [-0.4, -0.2) is 9.97 Å². The molecule has 0 amide bonds. The predicted octanol–water partition coefficient (Wildman–Crippen LogP) is 3.97. The van der Waals surface area contributed by atoms with Gasteiger partial charge in [0.2, 0.25) is 0 Å². The summed E-state index contributed by atoms with van der Waals surface area (Å²) >= 11 is 0. The number of benzene rings is 1. The number of aryl methyl sites for hydroxylation is 1. The van der Waals surface area contributed by atoms with Gasteiger partial charge in [0.15, 0.2) is 5.75 Å². The van der Waals surface area contributed by atoms with Crippen LogP contribution in [0.25, 0.3) is 10.9 Å². The van der Waals surface area contributed by atoms with Crippen LogP contribution in [-0.2, 0) is 0 Å². The maximum absolute atomic E-state index is 5.95. The zero-order chi connectivity index (χ0) is 12.5. The van der Waals surface area contributed by atoms with Crippen LogP contribution in [0.4, 0.5) is 0 Å². The van der Waals surface area contributed by atoms with Crippen LogP contribution in [0.1, 0.15) is 11.3 Å². The van der Waals surface area contributed by atoms with Crippen molar-refractivity contribution >= 4 is 10.9 Å². The lowest BCUT2D eigenvalue weighted by Gasteiger charge is -2.07. The smallest absolute Gasteiger partial charge is 0.153 e. The normalized spacial score (nSPS) is 10.8. The molecule has 0 fully saturated rings. The summed E-state index contributed by atoms with van der Waals surface area (Å²) in [6.07, 6.45) is 3.66. The van der Waals surface area contributed by atoms with Gasteiger partial charge in [-0.25, -0.2) is 0 Å². The van der Waals surface area contributed by atoms with Gasteiger partial charge in [-0.2, -0.15) is 0 Å². The minimum Gasteiger partial charge on any atom is -0.453 e. The van der Waals surface area contributed by atoms with E-state index in [1.807, 2.05) is 50.4 Å². The number of hydrogen-bond donors (Lipinski definition) is 1. The number of rotatable bonds is 2. The molecule has 3 heteroatoms. The second kappa shape index (κ2) is 4.18. The Morgan fingerprint density at radius 1 is 1.06 bits per heavy atom. The summed E-state index contributed by atoms with van der Waals surface area (Å²) in [6, 6.07) is 9.91. The number of nitrogens with one attached hydrogen (secondary N) is 1. The van der Waals surface area contributed by atoms with Crippen LogP contribution in [0.2, 0.25) is 0 Å². The van der Waals surface area contributed by atoms with E-state index in [2.05, 4.69) is 9.97 Å². The number of para-hydroxylation sites is 1. The van der Waals surface area contributed by atoms with Gasteiger partial charge < -0.3 is 9.72 Å². The van der Waals surface area contributed by atoms with E-state index in [0.29, 0.717) is 0 Å². The molecule has 0 saturated carbocycles. The van der Waals surface area contributed by atoms with E-state index < -0.39 is 0 Å². The van der Waals surface area contributed by atoms with Crippen molar-refractivity contribution < 1.29 is 4.74 Å².